The Kier molecular flexibility index (Phi) is 12.5. The van der Waals surface area contributed by atoms with Crippen molar-refractivity contribution in [3.8, 4) is 0 Å². The van der Waals surface area contributed by atoms with Crippen LogP contribution >= 0.6 is 35.0 Å². The number of amides is 2. The number of halogens is 2. The fraction of sp³-hybridized carbons (Fsp3) is 0.216. The Bertz CT molecular complexity index is 2180. The molecule has 4 aromatic rings. The van der Waals surface area contributed by atoms with E-state index in [9.17, 15) is 28.8 Å². The number of esters is 3. The molecule has 16 nitrogen and oxygen atoms in total. The van der Waals surface area contributed by atoms with E-state index in [2.05, 4.69) is 20.8 Å². The van der Waals surface area contributed by atoms with Gasteiger partial charge in [-0.2, -0.15) is 0 Å². The highest BCUT2D eigenvalue weighted by Crippen LogP contribution is 2.42. The van der Waals surface area contributed by atoms with Gasteiger partial charge in [0.05, 0.1) is 20.8 Å². The Morgan fingerprint density at radius 2 is 1.46 bits per heavy atom. The van der Waals surface area contributed by atoms with Gasteiger partial charge in [-0.3, -0.25) is 14.5 Å². The van der Waals surface area contributed by atoms with E-state index in [1.54, 1.807) is 66.7 Å². The van der Waals surface area contributed by atoms with Crippen molar-refractivity contribution < 1.29 is 47.8 Å². The van der Waals surface area contributed by atoms with Crippen molar-refractivity contribution in [3.63, 3.8) is 0 Å². The van der Waals surface area contributed by atoms with Crippen LogP contribution in [-0.2, 0) is 44.8 Å². The maximum Gasteiger partial charge on any atom is 0.367 e. The number of β-lactam (4-membered cyclic amide) rings is 1. The second-order valence-corrected chi connectivity index (χ2v) is 14.1. The van der Waals surface area contributed by atoms with Gasteiger partial charge in [-0.15, -0.1) is 16.9 Å². The molecule has 1 N–H and O–H groups in total. The second kappa shape index (κ2) is 17.6. The number of thioether (sulfide) groups is 1. The zero-order valence-electron chi connectivity index (χ0n) is 29.4. The van der Waals surface area contributed by atoms with Crippen molar-refractivity contribution in [1.29, 1.82) is 0 Å². The average Bonchev–Trinajstić information content (AvgIpc) is 3.65. The summed E-state index contributed by atoms with van der Waals surface area (Å²) in [5, 5.41) is 13.3. The molecular formula is C37H30Cl2N6O10S. The van der Waals surface area contributed by atoms with Gasteiger partial charge in [0.1, 0.15) is 17.1 Å². The topological polar surface area (TPSA) is 198 Å². The first-order valence-corrected chi connectivity index (χ1v) is 18.5. The number of alkyl halides is 2. The Hall–Kier alpha value is -6.04. The number of carbonyl (C=O) groups is 6. The summed E-state index contributed by atoms with van der Waals surface area (Å²) in [5.74, 6) is -5.44. The maximum atomic E-state index is 14.5. The summed E-state index contributed by atoms with van der Waals surface area (Å²) in [5.41, 5.74) is 0.517. The van der Waals surface area contributed by atoms with Gasteiger partial charge in [0.2, 0.25) is 10.5 Å². The molecule has 0 saturated carbocycles. The van der Waals surface area contributed by atoms with E-state index in [-0.39, 0.29) is 40.5 Å². The summed E-state index contributed by atoms with van der Waals surface area (Å²) in [6.07, 6.45) is -0.908. The van der Waals surface area contributed by atoms with Crippen LogP contribution in [0.2, 0.25) is 0 Å². The number of nitrogens with zero attached hydrogens (tertiary/aromatic N) is 5. The average molecular weight is 822 g/mol. The first-order valence-electron chi connectivity index (χ1n) is 16.5. The van der Waals surface area contributed by atoms with E-state index in [1.165, 1.54) is 28.8 Å². The maximum absolute atomic E-state index is 14.5. The van der Waals surface area contributed by atoms with Crippen LogP contribution in [0.3, 0.4) is 0 Å². The van der Waals surface area contributed by atoms with Crippen LogP contribution in [0.4, 0.5) is 0 Å². The lowest BCUT2D eigenvalue weighted by Gasteiger charge is -2.49. The quantitative estimate of drug-likeness (QED) is 0.0391. The van der Waals surface area contributed by atoms with Crippen molar-refractivity contribution in [1.82, 2.24) is 25.2 Å². The van der Waals surface area contributed by atoms with Crippen LogP contribution in [0.1, 0.15) is 43.8 Å². The van der Waals surface area contributed by atoms with E-state index in [0.29, 0.717) is 11.1 Å². The molecule has 6 rings (SSSR count). The second-order valence-electron chi connectivity index (χ2n) is 11.9. The van der Waals surface area contributed by atoms with Crippen LogP contribution in [0.25, 0.3) is 0 Å². The van der Waals surface area contributed by atoms with Crippen LogP contribution in [-0.4, -0.2) is 97.5 Å². The minimum atomic E-state index is -1.57. The van der Waals surface area contributed by atoms with E-state index in [1.807, 2.05) is 12.1 Å². The van der Waals surface area contributed by atoms with Crippen LogP contribution in [0.5, 0.6) is 0 Å². The molecule has 3 aromatic carbocycles. The summed E-state index contributed by atoms with van der Waals surface area (Å²) < 4.78 is 16.9. The Labute approximate surface area is 332 Å². The minimum absolute atomic E-state index is 0.0602. The zero-order chi connectivity index (χ0) is 39.9. The van der Waals surface area contributed by atoms with Crippen molar-refractivity contribution in [2.75, 3.05) is 20.0 Å². The van der Waals surface area contributed by atoms with Crippen LogP contribution < -0.4 is 5.32 Å². The van der Waals surface area contributed by atoms with Crippen molar-refractivity contribution in [2.24, 2.45) is 5.16 Å². The number of fused-ring (bicyclic) bond motifs is 1. The molecular weight excluding hydrogens is 791 g/mol. The van der Waals surface area contributed by atoms with E-state index in [4.69, 9.17) is 42.3 Å². The molecule has 0 unspecified atom stereocenters. The van der Waals surface area contributed by atoms with Gasteiger partial charge in [0, 0.05) is 11.3 Å². The van der Waals surface area contributed by atoms with Crippen molar-refractivity contribution >= 4 is 76.4 Å². The molecule has 0 aliphatic carbocycles. The third-order valence-corrected chi connectivity index (χ3v) is 10.2. The smallest absolute Gasteiger partial charge is 0.367 e. The number of hydrogen-bond donors (Lipinski definition) is 1. The van der Waals surface area contributed by atoms with Gasteiger partial charge in [-0.1, -0.05) is 125 Å². The van der Waals surface area contributed by atoms with Gasteiger partial charge in [0.15, 0.2) is 17.5 Å². The standard InChI is InChI=1S/C37H30Cl2N6O10S/c1-52-34(48)25-28(35(49)53-2)44(43-41-25)18-23-19-56-33-26(40-31(46)24(20-12-6-3-7-13-20)42-55-37(51)30(38)39)32(47)45(33)27(23)36(50)54-29(21-14-8-4-9-15-21)22-16-10-5-11-17-22/h3-17,26,29-30,33H,18-19H2,1-2H3,(H,40,46)/t26-,33+/m1/s1. The van der Waals surface area contributed by atoms with Gasteiger partial charge in [0.25, 0.3) is 11.8 Å². The number of methoxy groups -OCH3 is 2. The van der Waals surface area contributed by atoms with E-state index < -0.39 is 63.7 Å². The molecule has 0 spiro atoms. The molecule has 2 aliphatic rings. The SMILES string of the molecule is COC(=O)c1nnn(CC2=C(C(=O)OC(c3ccccc3)c3ccccc3)N3C(=O)[C@@H](NC(=O)C(=NOC(=O)C(Cl)Cl)c4ccccc4)[C@@H]3SC2)c1C(=O)OC. The summed E-state index contributed by atoms with van der Waals surface area (Å²) in [6.45, 7) is -0.307. The number of aromatic nitrogens is 3. The molecule has 2 aliphatic heterocycles. The predicted molar refractivity (Wildman–Crippen MR) is 200 cm³/mol. The third-order valence-electron chi connectivity index (χ3n) is 8.46. The van der Waals surface area contributed by atoms with Gasteiger partial charge in [-0.25, -0.2) is 23.9 Å². The van der Waals surface area contributed by atoms with E-state index in [0.717, 1.165) is 18.9 Å². The summed E-state index contributed by atoms with van der Waals surface area (Å²) in [6, 6.07) is 24.8. The molecule has 3 heterocycles. The molecule has 0 radical (unpaired) electrons. The number of benzene rings is 3. The number of ether oxygens (including phenoxy) is 3. The molecule has 1 aromatic heterocycles. The lowest BCUT2D eigenvalue weighted by atomic mass is 10.00. The van der Waals surface area contributed by atoms with Gasteiger partial charge < -0.3 is 24.4 Å². The van der Waals surface area contributed by atoms with Crippen LogP contribution in [0.15, 0.2) is 107 Å². The molecule has 2 atom stereocenters. The van der Waals surface area contributed by atoms with Gasteiger partial charge in [-0.05, 0) is 16.7 Å². The molecule has 19 heteroatoms. The molecule has 56 heavy (non-hydrogen) atoms. The number of oxime groups is 1. The fourth-order valence-corrected chi connectivity index (χ4v) is 7.25. The normalized spacial score (nSPS) is 16.5. The first kappa shape index (κ1) is 39.6. The molecule has 1 fully saturated rings. The highest BCUT2D eigenvalue weighted by molar-refractivity contribution is 8.00. The number of rotatable bonds is 13. The minimum Gasteiger partial charge on any atom is -0.464 e. The number of hydrogen-bond acceptors (Lipinski definition) is 14. The highest BCUT2D eigenvalue weighted by atomic mass is 35.5. The molecule has 0 bridgehead atoms. The van der Waals surface area contributed by atoms with Crippen molar-refractivity contribution in [3.05, 3.63) is 130 Å². The van der Waals surface area contributed by atoms with Gasteiger partial charge >= 0.3 is 23.9 Å². The molecule has 1 saturated heterocycles. The fourth-order valence-electron chi connectivity index (χ4n) is 5.84. The van der Waals surface area contributed by atoms with E-state index >= 15 is 0 Å². The monoisotopic (exact) mass is 820 g/mol. The molecule has 288 valence electrons. The lowest BCUT2D eigenvalue weighted by Crippen LogP contribution is -2.71. The Morgan fingerprint density at radius 1 is 0.875 bits per heavy atom. The largest absolute Gasteiger partial charge is 0.464 e. The first-order chi connectivity index (χ1) is 27.0. The summed E-state index contributed by atoms with van der Waals surface area (Å²) in [4.78, 5) is 83.9. The lowest BCUT2D eigenvalue weighted by molar-refractivity contribution is -0.154. The predicted octanol–water partition coefficient (Wildman–Crippen LogP) is 3.59. The van der Waals surface area contributed by atoms with Crippen molar-refractivity contribution in [2.45, 2.75) is 28.9 Å². The zero-order valence-corrected chi connectivity index (χ0v) is 31.7. The van der Waals surface area contributed by atoms with Crippen LogP contribution in [0, 0.1) is 0 Å². The summed E-state index contributed by atoms with van der Waals surface area (Å²) in [7, 11) is 2.21. The third kappa shape index (κ3) is 8.29. The highest BCUT2D eigenvalue weighted by Gasteiger charge is 2.55. The Balaban J connectivity index is 1.36. The molecule has 2 amide bonds. The number of carbonyl (C=O) groups excluding carboxylic acids is 6. The Morgan fingerprint density at radius 3 is 2.04 bits per heavy atom. The number of nitrogens with one attached hydrogen (secondary N) is 1. The summed E-state index contributed by atoms with van der Waals surface area (Å²) >= 11 is 12.3.